The Bertz CT molecular complexity index is 1020. The van der Waals surface area contributed by atoms with Gasteiger partial charge in [0.15, 0.2) is 11.5 Å². The number of hydrogen-bond acceptors (Lipinski definition) is 4. The van der Waals surface area contributed by atoms with Gasteiger partial charge in [0.25, 0.3) is 0 Å². The molecule has 0 saturated heterocycles. The van der Waals surface area contributed by atoms with Crippen LogP contribution in [0.2, 0.25) is 5.02 Å². The summed E-state index contributed by atoms with van der Waals surface area (Å²) in [5, 5.41) is 19.2. The standard InChI is InChI=1S/C19H14ClN3O3/c1-12-17(19(24)25)23(26-11-15-6-2-3-8-16(15)20)18(22-12)14-7-4-5-13(9-14)10-21/h2-9H,11H2,1H3,(H,24,25). The molecular formula is C19H14ClN3O3. The van der Waals surface area contributed by atoms with Gasteiger partial charge in [-0.15, -0.1) is 0 Å². The molecule has 26 heavy (non-hydrogen) atoms. The first kappa shape index (κ1) is 17.5. The third kappa shape index (κ3) is 3.39. The fourth-order valence-corrected chi connectivity index (χ4v) is 2.73. The second kappa shape index (κ2) is 7.30. The Morgan fingerprint density at radius 1 is 1.31 bits per heavy atom. The van der Waals surface area contributed by atoms with E-state index >= 15 is 0 Å². The quantitative estimate of drug-likeness (QED) is 0.742. The Morgan fingerprint density at radius 2 is 2.08 bits per heavy atom. The van der Waals surface area contributed by atoms with Gasteiger partial charge < -0.3 is 9.94 Å². The van der Waals surface area contributed by atoms with Crippen LogP contribution in [0.5, 0.6) is 0 Å². The van der Waals surface area contributed by atoms with E-state index in [0.717, 1.165) is 0 Å². The van der Waals surface area contributed by atoms with Crippen LogP contribution in [-0.4, -0.2) is 20.8 Å². The van der Waals surface area contributed by atoms with Crippen LogP contribution in [0.15, 0.2) is 48.5 Å². The van der Waals surface area contributed by atoms with E-state index < -0.39 is 5.97 Å². The SMILES string of the molecule is Cc1nc(-c2cccc(C#N)c2)n(OCc2ccccc2Cl)c1C(=O)O. The topological polar surface area (TPSA) is 88.1 Å². The number of carbonyl (C=O) groups is 1. The van der Waals surface area contributed by atoms with Gasteiger partial charge in [0.1, 0.15) is 6.61 Å². The van der Waals surface area contributed by atoms with Crippen LogP contribution in [0.1, 0.15) is 27.3 Å². The van der Waals surface area contributed by atoms with Gasteiger partial charge in [-0.25, -0.2) is 9.78 Å². The normalized spacial score (nSPS) is 10.3. The van der Waals surface area contributed by atoms with Gasteiger partial charge in [0.2, 0.25) is 0 Å². The zero-order valence-corrected chi connectivity index (χ0v) is 14.6. The highest BCUT2D eigenvalue weighted by Gasteiger charge is 2.23. The lowest BCUT2D eigenvalue weighted by Crippen LogP contribution is -2.19. The predicted molar refractivity (Wildman–Crippen MR) is 95.8 cm³/mol. The summed E-state index contributed by atoms with van der Waals surface area (Å²) in [7, 11) is 0. The molecule has 0 aliphatic heterocycles. The number of nitrogens with zero attached hydrogens (tertiary/aromatic N) is 3. The summed E-state index contributed by atoms with van der Waals surface area (Å²) in [6.45, 7) is 1.66. The molecule has 0 spiro atoms. The van der Waals surface area contributed by atoms with Crippen molar-refractivity contribution < 1.29 is 14.7 Å². The van der Waals surface area contributed by atoms with Gasteiger partial charge in [0, 0.05) is 16.1 Å². The Hall–Kier alpha value is -3.30. The van der Waals surface area contributed by atoms with Crippen LogP contribution in [0.3, 0.4) is 0 Å². The number of imidazole rings is 1. The van der Waals surface area contributed by atoms with Crippen molar-refractivity contribution in [3.63, 3.8) is 0 Å². The largest absolute Gasteiger partial charge is 0.476 e. The van der Waals surface area contributed by atoms with Gasteiger partial charge >= 0.3 is 5.97 Å². The van der Waals surface area contributed by atoms with E-state index in [1.165, 1.54) is 4.73 Å². The second-order valence-electron chi connectivity index (χ2n) is 5.53. The summed E-state index contributed by atoms with van der Waals surface area (Å²) < 4.78 is 1.18. The number of halogens is 1. The maximum atomic E-state index is 11.7. The van der Waals surface area contributed by atoms with Crippen LogP contribution in [0.25, 0.3) is 11.4 Å². The fraction of sp³-hybridized carbons (Fsp3) is 0.105. The molecule has 0 aliphatic rings. The monoisotopic (exact) mass is 367 g/mol. The zero-order chi connectivity index (χ0) is 18.7. The van der Waals surface area contributed by atoms with E-state index in [0.29, 0.717) is 33.2 Å². The van der Waals surface area contributed by atoms with Crippen molar-refractivity contribution >= 4 is 17.6 Å². The maximum absolute atomic E-state index is 11.7. The maximum Gasteiger partial charge on any atom is 0.357 e. The smallest absolute Gasteiger partial charge is 0.357 e. The summed E-state index contributed by atoms with van der Waals surface area (Å²) in [5.74, 6) is -0.846. The van der Waals surface area contributed by atoms with Crippen molar-refractivity contribution in [1.82, 2.24) is 9.71 Å². The average molecular weight is 368 g/mol. The third-order valence-electron chi connectivity index (χ3n) is 3.77. The van der Waals surface area contributed by atoms with Crippen molar-refractivity contribution in [2.75, 3.05) is 0 Å². The van der Waals surface area contributed by atoms with E-state index in [1.807, 2.05) is 6.07 Å². The molecule has 3 rings (SSSR count). The van der Waals surface area contributed by atoms with Crippen LogP contribution in [0.4, 0.5) is 0 Å². The Morgan fingerprint density at radius 3 is 2.77 bits per heavy atom. The molecule has 1 heterocycles. The van der Waals surface area contributed by atoms with Crippen LogP contribution in [-0.2, 0) is 6.61 Å². The van der Waals surface area contributed by atoms with Crippen LogP contribution in [0, 0.1) is 18.3 Å². The van der Waals surface area contributed by atoms with E-state index in [-0.39, 0.29) is 12.3 Å². The molecule has 2 aromatic carbocycles. The molecule has 1 N–H and O–H groups in total. The van der Waals surface area contributed by atoms with Gasteiger partial charge in [-0.05, 0) is 25.1 Å². The van der Waals surface area contributed by atoms with E-state index in [1.54, 1.807) is 49.4 Å². The number of carboxylic acids is 1. The van der Waals surface area contributed by atoms with E-state index in [4.69, 9.17) is 21.7 Å². The molecule has 1 aromatic heterocycles. The Balaban J connectivity index is 2.05. The van der Waals surface area contributed by atoms with Gasteiger partial charge in [-0.1, -0.05) is 41.9 Å². The second-order valence-corrected chi connectivity index (χ2v) is 5.93. The highest BCUT2D eigenvalue weighted by molar-refractivity contribution is 6.31. The molecule has 0 unspecified atom stereocenters. The van der Waals surface area contributed by atoms with E-state index in [2.05, 4.69) is 11.1 Å². The molecule has 0 amide bonds. The summed E-state index contributed by atoms with van der Waals surface area (Å²) in [6.07, 6.45) is 0. The minimum Gasteiger partial charge on any atom is -0.476 e. The van der Waals surface area contributed by atoms with E-state index in [9.17, 15) is 9.90 Å². The van der Waals surface area contributed by atoms with Crippen molar-refractivity contribution in [3.8, 4) is 17.5 Å². The van der Waals surface area contributed by atoms with Crippen molar-refractivity contribution in [2.24, 2.45) is 0 Å². The number of aromatic carboxylic acids is 1. The lowest BCUT2D eigenvalue weighted by molar-refractivity contribution is 0.0574. The molecule has 7 heteroatoms. The van der Waals surface area contributed by atoms with Crippen molar-refractivity contribution in [3.05, 3.63) is 76.1 Å². The first-order chi connectivity index (χ1) is 12.5. The summed E-state index contributed by atoms with van der Waals surface area (Å²) >= 11 is 6.14. The summed E-state index contributed by atoms with van der Waals surface area (Å²) in [4.78, 5) is 21.7. The number of carboxylic acid groups (broad SMARTS) is 1. The summed E-state index contributed by atoms with van der Waals surface area (Å²) in [5.41, 5.74) is 1.98. The summed E-state index contributed by atoms with van der Waals surface area (Å²) in [6, 6.07) is 15.9. The van der Waals surface area contributed by atoms with Gasteiger partial charge in [-0.2, -0.15) is 9.99 Å². The molecule has 0 saturated carbocycles. The molecular weight excluding hydrogens is 354 g/mol. The zero-order valence-electron chi connectivity index (χ0n) is 13.8. The lowest BCUT2D eigenvalue weighted by Gasteiger charge is -2.13. The van der Waals surface area contributed by atoms with Crippen LogP contribution >= 0.6 is 11.6 Å². The lowest BCUT2D eigenvalue weighted by atomic mass is 10.1. The molecule has 0 atom stereocenters. The number of benzene rings is 2. The molecule has 0 bridgehead atoms. The average Bonchev–Trinajstić information content (AvgIpc) is 2.97. The Labute approximate surface area is 154 Å². The first-order valence-electron chi connectivity index (χ1n) is 7.71. The highest BCUT2D eigenvalue weighted by Crippen LogP contribution is 2.23. The Kier molecular flexibility index (Phi) is 4.92. The first-order valence-corrected chi connectivity index (χ1v) is 8.09. The molecule has 6 nitrogen and oxygen atoms in total. The number of hydrogen-bond donors (Lipinski definition) is 1. The molecule has 3 aromatic rings. The molecule has 0 radical (unpaired) electrons. The molecule has 0 aliphatic carbocycles. The van der Waals surface area contributed by atoms with Gasteiger partial charge in [-0.3, -0.25) is 0 Å². The van der Waals surface area contributed by atoms with Crippen molar-refractivity contribution in [2.45, 2.75) is 13.5 Å². The fourth-order valence-electron chi connectivity index (χ4n) is 2.54. The third-order valence-corrected chi connectivity index (χ3v) is 4.14. The predicted octanol–water partition coefficient (Wildman–Crippen LogP) is 3.71. The molecule has 0 fully saturated rings. The minimum atomic E-state index is -1.16. The van der Waals surface area contributed by atoms with Crippen LogP contribution < -0.4 is 4.84 Å². The number of nitriles is 1. The highest BCUT2D eigenvalue weighted by atomic mass is 35.5. The number of rotatable bonds is 5. The van der Waals surface area contributed by atoms with Gasteiger partial charge in [0.05, 0.1) is 17.3 Å². The van der Waals surface area contributed by atoms with Crippen molar-refractivity contribution in [1.29, 1.82) is 5.26 Å². The molecule has 130 valence electrons. The number of aromatic nitrogens is 2. The minimum absolute atomic E-state index is 0.0701. The number of aryl methyl sites for hydroxylation is 1.